The van der Waals surface area contributed by atoms with E-state index in [1.54, 1.807) is 17.0 Å². The van der Waals surface area contributed by atoms with Crippen LogP contribution in [0.25, 0.3) is 10.9 Å². The van der Waals surface area contributed by atoms with Crippen LogP contribution in [0, 0.1) is 11.6 Å². The summed E-state index contributed by atoms with van der Waals surface area (Å²) in [4.78, 5) is 22.2. The first-order chi connectivity index (χ1) is 16.9. The van der Waals surface area contributed by atoms with E-state index in [4.69, 9.17) is 21.1 Å². The van der Waals surface area contributed by atoms with Crippen molar-refractivity contribution in [2.45, 2.75) is 32.3 Å². The molecular weight excluding hydrogens is 478 g/mol. The predicted molar refractivity (Wildman–Crippen MR) is 130 cm³/mol. The lowest BCUT2D eigenvalue weighted by atomic mass is 10.1. The first kappa shape index (κ1) is 24.7. The molecule has 3 aromatic rings. The zero-order valence-corrected chi connectivity index (χ0v) is 19.9. The van der Waals surface area contributed by atoms with E-state index in [0.29, 0.717) is 60.8 Å². The van der Waals surface area contributed by atoms with Crippen molar-refractivity contribution in [3.05, 3.63) is 59.9 Å². The minimum Gasteiger partial charge on any atom is -0.490 e. The molecule has 1 N–H and O–H groups in total. The van der Waals surface area contributed by atoms with E-state index in [2.05, 4.69) is 21.9 Å². The largest absolute Gasteiger partial charge is 0.490 e. The van der Waals surface area contributed by atoms with Gasteiger partial charge in [-0.1, -0.05) is 25.1 Å². The van der Waals surface area contributed by atoms with Gasteiger partial charge in [-0.05, 0) is 30.7 Å². The van der Waals surface area contributed by atoms with Gasteiger partial charge in [0.05, 0.1) is 17.8 Å². The van der Waals surface area contributed by atoms with Crippen LogP contribution in [0.2, 0.25) is 5.02 Å². The van der Waals surface area contributed by atoms with Gasteiger partial charge in [0.2, 0.25) is 5.91 Å². The molecule has 2 aromatic carbocycles. The van der Waals surface area contributed by atoms with Gasteiger partial charge in [-0.3, -0.25) is 4.79 Å². The van der Waals surface area contributed by atoms with Crippen LogP contribution >= 0.6 is 11.6 Å². The third-order valence-corrected chi connectivity index (χ3v) is 6.02. The van der Waals surface area contributed by atoms with Crippen molar-refractivity contribution in [3.8, 4) is 11.5 Å². The van der Waals surface area contributed by atoms with Crippen LogP contribution in [0.5, 0.6) is 11.5 Å². The number of rotatable bonds is 8. The van der Waals surface area contributed by atoms with Gasteiger partial charge in [0.1, 0.15) is 29.1 Å². The second-order valence-electron chi connectivity index (χ2n) is 8.08. The maximum absolute atomic E-state index is 14.5. The fourth-order valence-corrected chi connectivity index (χ4v) is 4.00. The highest BCUT2D eigenvalue weighted by Crippen LogP contribution is 2.37. The summed E-state index contributed by atoms with van der Waals surface area (Å²) in [5.74, 6) is -0.536. The Morgan fingerprint density at radius 1 is 1.26 bits per heavy atom. The Morgan fingerprint density at radius 3 is 2.74 bits per heavy atom. The lowest BCUT2D eigenvalue weighted by Crippen LogP contribution is -2.41. The molecule has 35 heavy (non-hydrogen) atoms. The SMILES string of the molecule is C=CC(=O)N1CCC(Oc2cc3c(Nc4ccc(F)c(Cl)c4F)ncnc3cc2OCCC)CC1. The number of fused-ring (bicyclic) bond motifs is 1. The highest BCUT2D eigenvalue weighted by molar-refractivity contribution is 6.31. The maximum Gasteiger partial charge on any atom is 0.245 e. The molecule has 1 aliphatic rings. The number of nitrogens with one attached hydrogen (secondary N) is 1. The van der Waals surface area contributed by atoms with Crippen molar-refractivity contribution in [3.63, 3.8) is 0 Å². The number of nitrogens with zero attached hydrogens (tertiary/aromatic N) is 3. The molecule has 0 spiro atoms. The molecule has 1 aliphatic heterocycles. The van der Waals surface area contributed by atoms with Crippen LogP contribution in [-0.2, 0) is 4.79 Å². The molecule has 1 aromatic heterocycles. The van der Waals surface area contributed by atoms with E-state index >= 15 is 0 Å². The second kappa shape index (κ2) is 10.9. The quantitative estimate of drug-likeness (QED) is 0.317. The first-order valence-electron chi connectivity index (χ1n) is 11.3. The normalized spacial score (nSPS) is 14.1. The zero-order chi connectivity index (χ0) is 24.9. The summed E-state index contributed by atoms with van der Waals surface area (Å²) >= 11 is 5.72. The Balaban J connectivity index is 1.65. The van der Waals surface area contributed by atoms with Gasteiger partial charge >= 0.3 is 0 Å². The molecule has 0 atom stereocenters. The summed E-state index contributed by atoms with van der Waals surface area (Å²) in [6.45, 7) is 7.16. The van der Waals surface area contributed by atoms with Crippen LogP contribution in [0.3, 0.4) is 0 Å². The molecular formula is C25H25ClF2N4O3. The van der Waals surface area contributed by atoms with Crippen molar-refractivity contribution in [1.29, 1.82) is 0 Å². The molecule has 2 heterocycles. The van der Waals surface area contributed by atoms with Gasteiger partial charge in [0, 0.05) is 37.4 Å². The number of amides is 1. The fourth-order valence-electron chi connectivity index (χ4n) is 3.83. The van der Waals surface area contributed by atoms with Crippen molar-refractivity contribution in [2.24, 2.45) is 0 Å². The average Bonchev–Trinajstić information content (AvgIpc) is 2.88. The molecule has 1 fully saturated rings. The number of carbonyl (C=O) groups is 1. The Hall–Kier alpha value is -3.46. The average molecular weight is 503 g/mol. The van der Waals surface area contributed by atoms with E-state index < -0.39 is 16.7 Å². The highest BCUT2D eigenvalue weighted by Gasteiger charge is 2.24. The second-order valence-corrected chi connectivity index (χ2v) is 8.46. The fraction of sp³-hybridized carbons (Fsp3) is 0.320. The minimum absolute atomic E-state index is 0.0237. The van der Waals surface area contributed by atoms with Gasteiger partial charge in [0.25, 0.3) is 0 Å². The molecule has 184 valence electrons. The molecule has 0 unspecified atom stereocenters. The van der Waals surface area contributed by atoms with Crippen molar-refractivity contribution in [1.82, 2.24) is 14.9 Å². The van der Waals surface area contributed by atoms with Crippen molar-refractivity contribution in [2.75, 3.05) is 25.0 Å². The van der Waals surface area contributed by atoms with Crippen LogP contribution < -0.4 is 14.8 Å². The van der Waals surface area contributed by atoms with Crippen LogP contribution in [0.1, 0.15) is 26.2 Å². The van der Waals surface area contributed by atoms with Crippen LogP contribution in [0.15, 0.2) is 43.2 Å². The number of halogens is 3. The summed E-state index contributed by atoms with van der Waals surface area (Å²) < 4.78 is 40.3. The molecule has 0 radical (unpaired) electrons. The third-order valence-electron chi connectivity index (χ3n) is 5.67. The maximum atomic E-state index is 14.5. The third kappa shape index (κ3) is 5.45. The molecule has 0 aliphatic carbocycles. The van der Waals surface area contributed by atoms with Gasteiger partial charge in [-0.25, -0.2) is 18.7 Å². The van der Waals surface area contributed by atoms with Gasteiger partial charge in [-0.15, -0.1) is 0 Å². The molecule has 7 nitrogen and oxygen atoms in total. The van der Waals surface area contributed by atoms with E-state index in [1.807, 2.05) is 6.92 Å². The minimum atomic E-state index is -0.918. The molecule has 0 saturated carbocycles. The molecule has 0 bridgehead atoms. The van der Waals surface area contributed by atoms with Crippen molar-refractivity contribution >= 4 is 39.9 Å². The number of carbonyl (C=O) groups excluding carboxylic acids is 1. The smallest absolute Gasteiger partial charge is 0.245 e. The summed E-state index contributed by atoms with van der Waals surface area (Å²) in [5.41, 5.74) is 0.533. The molecule has 4 rings (SSSR count). The summed E-state index contributed by atoms with van der Waals surface area (Å²) in [5, 5.41) is 2.83. The number of anilines is 2. The van der Waals surface area contributed by atoms with Gasteiger partial charge in [-0.2, -0.15) is 0 Å². The number of aromatic nitrogens is 2. The number of likely N-dealkylation sites (tertiary alicyclic amines) is 1. The number of piperidine rings is 1. The Kier molecular flexibility index (Phi) is 7.65. The number of ether oxygens (including phenoxy) is 2. The number of benzene rings is 2. The summed E-state index contributed by atoms with van der Waals surface area (Å²) in [6.07, 6.45) is 4.64. The Bertz CT molecular complexity index is 1250. The monoisotopic (exact) mass is 502 g/mol. The Labute approximate surface area is 206 Å². The standard InChI is InChI=1S/C25H25ClF2N4O3/c1-3-11-34-20-13-19-16(12-21(20)35-15-7-9-32(10-8-15)22(33)4-2)25(30-14-29-19)31-18-6-5-17(27)23(26)24(18)28/h4-6,12-15H,2-3,7-11H2,1H3,(H,29,30,31). The number of hydrogen-bond donors (Lipinski definition) is 1. The van der Waals surface area contributed by atoms with E-state index in [1.165, 1.54) is 18.5 Å². The highest BCUT2D eigenvalue weighted by atomic mass is 35.5. The predicted octanol–water partition coefficient (Wildman–Crippen LogP) is 5.65. The van der Waals surface area contributed by atoms with Gasteiger partial charge < -0.3 is 19.7 Å². The molecule has 10 heteroatoms. The van der Waals surface area contributed by atoms with E-state index in [-0.39, 0.29) is 17.7 Å². The topological polar surface area (TPSA) is 76.6 Å². The van der Waals surface area contributed by atoms with Crippen LogP contribution in [0.4, 0.5) is 20.3 Å². The van der Waals surface area contributed by atoms with E-state index in [9.17, 15) is 13.6 Å². The Morgan fingerprint density at radius 2 is 2.03 bits per heavy atom. The van der Waals surface area contributed by atoms with Crippen LogP contribution in [-0.4, -0.2) is 46.6 Å². The molecule has 1 saturated heterocycles. The molecule has 1 amide bonds. The first-order valence-corrected chi connectivity index (χ1v) is 11.7. The summed E-state index contributed by atoms with van der Waals surface area (Å²) in [7, 11) is 0. The number of hydrogen-bond acceptors (Lipinski definition) is 6. The van der Waals surface area contributed by atoms with E-state index in [0.717, 1.165) is 12.5 Å². The summed E-state index contributed by atoms with van der Waals surface area (Å²) in [6, 6.07) is 5.81. The lowest BCUT2D eigenvalue weighted by molar-refractivity contribution is -0.127. The van der Waals surface area contributed by atoms with Gasteiger partial charge in [0.15, 0.2) is 17.3 Å². The zero-order valence-electron chi connectivity index (χ0n) is 19.2. The lowest BCUT2D eigenvalue weighted by Gasteiger charge is -2.32. The van der Waals surface area contributed by atoms with Crippen molar-refractivity contribution < 1.29 is 23.0 Å².